The first-order valence-corrected chi connectivity index (χ1v) is 9.22. The second-order valence-electron chi connectivity index (χ2n) is 5.20. The van der Waals surface area contributed by atoms with Crippen LogP contribution in [0, 0.1) is 0 Å². The van der Waals surface area contributed by atoms with Crippen LogP contribution in [0.25, 0.3) is 0 Å². The summed E-state index contributed by atoms with van der Waals surface area (Å²) in [5.41, 5.74) is 1.17. The third-order valence-electron chi connectivity index (χ3n) is 3.91. The highest BCUT2D eigenvalue weighted by Crippen LogP contribution is 2.32. The van der Waals surface area contributed by atoms with Crippen LogP contribution in [0.5, 0.6) is 5.75 Å². The van der Waals surface area contributed by atoms with E-state index in [9.17, 15) is 13.5 Å². The normalized spacial score (nSPS) is 17.9. The van der Waals surface area contributed by atoms with Crippen LogP contribution in [0.3, 0.4) is 0 Å². The summed E-state index contributed by atoms with van der Waals surface area (Å²) < 4.78 is 26.9. The van der Waals surface area contributed by atoms with Crippen LogP contribution in [-0.4, -0.2) is 30.9 Å². The molecule has 2 heterocycles. The number of phenolic OH excluding ortho intramolecular Hbond substituents is 1. The van der Waals surface area contributed by atoms with E-state index in [-0.39, 0.29) is 5.75 Å². The summed E-state index contributed by atoms with van der Waals surface area (Å²) in [7, 11) is -3.32. The van der Waals surface area contributed by atoms with Crippen LogP contribution in [0.15, 0.2) is 46.0 Å². The van der Waals surface area contributed by atoms with Gasteiger partial charge < -0.3 is 5.11 Å². The molecule has 2 aromatic rings. The largest absolute Gasteiger partial charge is 0.508 e. The highest BCUT2D eigenvalue weighted by Gasteiger charge is 2.30. The molecule has 0 amide bonds. The molecule has 1 N–H and O–H groups in total. The molecule has 6 heteroatoms. The number of piperidine rings is 1. The number of nitrogens with zero attached hydrogens (tertiary/aromatic N) is 1. The van der Waals surface area contributed by atoms with Gasteiger partial charge in [0.25, 0.3) is 10.0 Å². The fourth-order valence-corrected chi connectivity index (χ4v) is 5.33. The van der Waals surface area contributed by atoms with Gasteiger partial charge >= 0.3 is 0 Å². The lowest BCUT2D eigenvalue weighted by molar-refractivity contribution is 0.320. The minimum Gasteiger partial charge on any atom is -0.508 e. The number of hydrogen-bond acceptors (Lipinski definition) is 4. The topological polar surface area (TPSA) is 57.6 Å². The Hall–Kier alpha value is -1.37. The van der Waals surface area contributed by atoms with Gasteiger partial charge in [0, 0.05) is 13.1 Å². The Kier molecular flexibility index (Phi) is 4.01. The first kappa shape index (κ1) is 14.6. The maximum Gasteiger partial charge on any atom is 0.252 e. The molecule has 3 rings (SSSR count). The fourth-order valence-electron chi connectivity index (χ4n) is 2.71. The van der Waals surface area contributed by atoms with Crippen molar-refractivity contribution in [1.82, 2.24) is 4.31 Å². The molecule has 0 radical (unpaired) electrons. The van der Waals surface area contributed by atoms with E-state index in [0.717, 1.165) is 12.8 Å². The lowest BCUT2D eigenvalue weighted by Gasteiger charge is -2.31. The third-order valence-corrected chi connectivity index (χ3v) is 7.18. The summed E-state index contributed by atoms with van der Waals surface area (Å²) in [4.78, 5) is 0. The molecule has 4 nitrogen and oxygen atoms in total. The van der Waals surface area contributed by atoms with Crippen molar-refractivity contribution in [3.8, 4) is 5.75 Å². The Labute approximate surface area is 128 Å². The molecular weight excluding hydrogens is 306 g/mol. The Morgan fingerprint density at radius 1 is 1.10 bits per heavy atom. The lowest BCUT2D eigenvalue weighted by atomic mass is 9.90. The summed E-state index contributed by atoms with van der Waals surface area (Å²) in [6.07, 6.45) is 1.63. The van der Waals surface area contributed by atoms with Crippen LogP contribution in [0.2, 0.25) is 0 Å². The molecule has 1 aromatic carbocycles. The number of thiophene rings is 1. The van der Waals surface area contributed by atoms with Crippen molar-refractivity contribution in [3.63, 3.8) is 0 Å². The number of phenols is 1. The van der Waals surface area contributed by atoms with Gasteiger partial charge in [-0.1, -0.05) is 18.2 Å². The van der Waals surface area contributed by atoms with E-state index in [1.54, 1.807) is 34.0 Å². The van der Waals surface area contributed by atoms with Gasteiger partial charge in [-0.3, -0.25) is 0 Å². The number of benzene rings is 1. The Bertz CT molecular complexity index is 685. The molecule has 0 saturated carbocycles. The van der Waals surface area contributed by atoms with Gasteiger partial charge in [-0.25, -0.2) is 8.42 Å². The molecule has 0 spiro atoms. The minimum absolute atomic E-state index is 0.261. The van der Waals surface area contributed by atoms with Crippen LogP contribution in [0.1, 0.15) is 24.3 Å². The van der Waals surface area contributed by atoms with E-state index in [1.165, 1.54) is 16.9 Å². The predicted octanol–water partition coefficient (Wildman–Crippen LogP) is 3.02. The fraction of sp³-hybridized carbons (Fsp3) is 0.333. The summed E-state index contributed by atoms with van der Waals surface area (Å²) in [5.74, 6) is 0.622. The van der Waals surface area contributed by atoms with Gasteiger partial charge in [0.05, 0.1) is 0 Å². The molecule has 1 fully saturated rings. The molecule has 0 bridgehead atoms. The predicted molar refractivity (Wildman–Crippen MR) is 83.2 cm³/mol. The standard InChI is InChI=1S/C15H17NO3S2/c17-14-5-3-12(4-6-14)13-7-9-16(10-8-13)21(18,19)15-2-1-11-20-15/h1-6,11,13,17H,7-10H2. The summed E-state index contributed by atoms with van der Waals surface area (Å²) in [5, 5.41) is 11.1. The van der Waals surface area contributed by atoms with Crippen molar-refractivity contribution < 1.29 is 13.5 Å². The van der Waals surface area contributed by atoms with Gasteiger partial charge in [0.1, 0.15) is 9.96 Å². The summed E-state index contributed by atoms with van der Waals surface area (Å²) in [6, 6.07) is 10.6. The highest BCUT2D eigenvalue weighted by atomic mass is 32.2. The minimum atomic E-state index is -3.32. The van der Waals surface area contributed by atoms with Crippen LogP contribution in [-0.2, 0) is 10.0 Å². The van der Waals surface area contributed by atoms with E-state index in [1.807, 2.05) is 12.1 Å². The lowest BCUT2D eigenvalue weighted by Crippen LogP contribution is -2.37. The van der Waals surface area contributed by atoms with Crippen LogP contribution < -0.4 is 0 Å². The molecule has 0 atom stereocenters. The van der Waals surface area contributed by atoms with Crippen molar-refractivity contribution >= 4 is 21.4 Å². The average Bonchev–Trinajstić information content (AvgIpc) is 3.03. The van der Waals surface area contributed by atoms with Gasteiger partial charge in [-0.2, -0.15) is 4.31 Å². The summed E-state index contributed by atoms with van der Waals surface area (Å²) in [6.45, 7) is 1.09. The zero-order valence-electron chi connectivity index (χ0n) is 11.5. The highest BCUT2D eigenvalue weighted by molar-refractivity contribution is 7.91. The van der Waals surface area contributed by atoms with Crippen LogP contribution in [0.4, 0.5) is 0 Å². The van der Waals surface area contributed by atoms with E-state index >= 15 is 0 Å². The Balaban J connectivity index is 1.69. The SMILES string of the molecule is O=S(=O)(c1cccs1)N1CCC(c2ccc(O)cc2)CC1. The van der Waals surface area contributed by atoms with E-state index in [2.05, 4.69) is 0 Å². The average molecular weight is 323 g/mol. The number of hydrogen-bond donors (Lipinski definition) is 1. The van der Waals surface area contributed by atoms with Crippen molar-refractivity contribution in [2.45, 2.75) is 23.0 Å². The van der Waals surface area contributed by atoms with E-state index < -0.39 is 10.0 Å². The molecule has 1 aliphatic rings. The quantitative estimate of drug-likeness (QED) is 0.944. The van der Waals surface area contributed by atoms with Crippen molar-refractivity contribution in [2.24, 2.45) is 0 Å². The second kappa shape index (κ2) is 5.79. The molecular formula is C15H17NO3S2. The third kappa shape index (κ3) is 2.97. The van der Waals surface area contributed by atoms with Crippen molar-refractivity contribution in [1.29, 1.82) is 0 Å². The Morgan fingerprint density at radius 2 is 1.76 bits per heavy atom. The van der Waals surface area contributed by atoms with Gasteiger partial charge in [0.2, 0.25) is 0 Å². The van der Waals surface area contributed by atoms with Crippen LogP contribution >= 0.6 is 11.3 Å². The molecule has 1 aliphatic heterocycles. The van der Waals surface area contributed by atoms with Gasteiger partial charge in [-0.15, -0.1) is 11.3 Å². The molecule has 0 aliphatic carbocycles. The molecule has 1 saturated heterocycles. The van der Waals surface area contributed by atoms with Crippen molar-refractivity contribution in [2.75, 3.05) is 13.1 Å². The molecule has 21 heavy (non-hydrogen) atoms. The monoisotopic (exact) mass is 323 g/mol. The van der Waals surface area contributed by atoms with Gasteiger partial charge in [-0.05, 0) is 47.9 Å². The van der Waals surface area contributed by atoms with E-state index in [0.29, 0.717) is 23.2 Å². The molecule has 1 aromatic heterocycles. The first-order chi connectivity index (χ1) is 10.1. The Morgan fingerprint density at radius 3 is 2.33 bits per heavy atom. The maximum atomic E-state index is 12.4. The number of aromatic hydroxyl groups is 1. The summed E-state index contributed by atoms with van der Waals surface area (Å²) >= 11 is 1.26. The van der Waals surface area contributed by atoms with Gasteiger partial charge in [0.15, 0.2) is 0 Å². The van der Waals surface area contributed by atoms with Crippen molar-refractivity contribution in [3.05, 3.63) is 47.3 Å². The smallest absolute Gasteiger partial charge is 0.252 e. The zero-order valence-corrected chi connectivity index (χ0v) is 13.1. The van der Waals surface area contributed by atoms with E-state index in [4.69, 9.17) is 0 Å². The maximum absolute atomic E-state index is 12.4. The number of sulfonamides is 1. The second-order valence-corrected chi connectivity index (χ2v) is 8.31. The number of rotatable bonds is 3. The molecule has 112 valence electrons. The first-order valence-electron chi connectivity index (χ1n) is 6.90. The molecule has 0 unspecified atom stereocenters. The zero-order chi connectivity index (χ0) is 14.9.